The van der Waals surface area contributed by atoms with Crippen molar-refractivity contribution in [2.75, 3.05) is 13.7 Å². The Bertz CT molecular complexity index is 710. The standard InChI is InChI=1S/C19H21BrN2O2/c1-24-17-6-4-15(5-7-17)19(8-2-3-9-19)13-22-18(23)14-10-16(20)12-21-11-14/h4-7,10-12H,2-3,8-9,13H2,1H3,(H,22,23). The van der Waals surface area contributed by atoms with Crippen LogP contribution in [0.5, 0.6) is 5.75 Å². The third-order valence-corrected chi connectivity index (χ3v) is 5.25. The summed E-state index contributed by atoms with van der Waals surface area (Å²) in [7, 11) is 1.67. The summed E-state index contributed by atoms with van der Waals surface area (Å²) in [5.74, 6) is 0.778. The Kier molecular flexibility index (Phi) is 5.19. The van der Waals surface area contributed by atoms with Crippen LogP contribution in [0, 0.1) is 0 Å². The van der Waals surface area contributed by atoms with Gasteiger partial charge in [-0.3, -0.25) is 9.78 Å². The maximum absolute atomic E-state index is 12.4. The first kappa shape index (κ1) is 17.0. The van der Waals surface area contributed by atoms with Crippen LogP contribution >= 0.6 is 15.9 Å². The van der Waals surface area contributed by atoms with Crippen molar-refractivity contribution in [1.82, 2.24) is 10.3 Å². The predicted molar refractivity (Wildman–Crippen MR) is 97.4 cm³/mol. The monoisotopic (exact) mass is 388 g/mol. The molecule has 0 unspecified atom stereocenters. The molecule has 1 N–H and O–H groups in total. The van der Waals surface area contributed by atoms with Crippen molar-refractivity contribution in [2.24, 2.45) is 0 Å². The fraction of sp³-hybridized carbons (Fsp3) is 0.368. The van der Waals surface area contributed by atoms with E-state index in [2.05, 4.69) is 38.4 Å². The Hall–Kier alpha value is -1.88. The quantitative estimate of drug-likeness (QED) is 0.838. The van der Waals surface area contributed by atoms with Crippen LogP contribution in [0.4, 0.5) is 0 Å². The van der Waals surface area contributed by atoms with Gasteiger partial charge in [0.05, 0.1) is 12.7 Å². The van der Waals surface area contributed by atoms with Crippen molar-refractivity contribution in [3.05, 3.63) is 58.3 Å². The number of ether oxygens (including phenoxy) is 1. The van der Waals surface area contributed by atoms with Crippen LogP contribution in [0.2, 0.25) is 0 Å². The molecule has 5 heteroatoms. The fourth-order valence-corrected chi connectivity index (χ4v) is 3.82. The van der Waals surface area contributed by atoms with Crippen molar-refractivity contribution < 1.29 is 9.53 Å². The van der Waals surface area contributed by atoms with Gasteiger partial charge in [0.25, 0.3) is 5.91 Å². The van der Waals surface area contributed by atoms with E-state index in [4.69, 9.17) is 4.74 Å². The predicted octanol–water partition coefficient (Wildman–Crippen LogP) is 4.09. The van der Waals surface area contributed by atoms with Crippen LogP contribution in [-0.4, -0.2) is 24.5 Å². The summed E-state index contributed by atoms with van der Waals surface area (Å²) in [4.78, 5) is 16.5. The van der Waals surface area contributed by atoms with Gasteiger partial charge in [0.15, 0.2) is 0 Å². The minimum Gasteiger partial charge on any atom is -0.497 e. The lowest BCUT2D eigenvalue weighted by Crippen LogP contribution is -2.39. The van der Waals surface area contributed by atoms with Gasteiger partial charge >= 0.3 is 0 Å². The number of rotatable bonds is 5. The van der Waals surface area contributed by atoms with E-state index >= 15 is 0 Å². The van der Waals surface area contributed by atoms with Crippen molar-refractivity contribution in [1.29, 1.82) is 0 Å². The van der Waals surface area contributed by atoms with E-state index in [1.165, 1.54) is 18.4 Å². The average molecular weight is 389 g/mol. The highest BCUT2D eigenvalue weighted by Crippen LogP contribution is 2.41. The number of nitrogens with zero attached hydrogens (tertiary/aromatic N) is 1. The van der Waals surface area contributed by atoms with Gasteiger partial charge in [-0.2, -0.15) is 0 Å². The molecule has 24 heavy (non-hydrogen) atoms. The molecule has 0 spiro atoms. The number of halogens is 1. The highest BCUT2D eigenvalue weighted by molar-refractivity contribution is 9.10. The van der Waals surface area contributed by atoms with Gasteiger partial charge in [0.1, 0.15) is 5.75 Å². The number of hydrogen-bond acceptors (Lipinski definition) is 3. The van der Waals surface area contributed by atoms with Gasteiger partial charge in [0.2, 0.25) is 0 Å². The fourth-order valence-electron chi connectivity index (χ4n) is 3.45. The molecule has 0 atom stereocenters. The molecule has 0 radical (unpaired) electrons. The second-order valence-electron chi connectivity index (χ2n) is 6.29. The van der Waals surface area contributed by atoms with E-state index in [9.17, 15) is 4.79 Å². The number of methoxy groups -OCH3 is 1. The Morgan fingerprint density at radius 1 is 1.25 bits per heavy atom. The molecule has 0 saturated heterocycles. The molecule has 1 heterocycles. The van der Waals surface area contributed by atoms with Crippen molar-refractivity contribution in [3.63, 3.8) is 0 Å². The minimum absolute atomic E-state index is 0.0153. The van der Waals surface area contributed by atoms with Gasteiger partial charge in [0, 0.05) is 28.8 Å². The molecule has 126 valence electrons. The molecule has 1 aliphatic rings. The lowest BCUT2D eigenvalue weighted by molar-refractivity contribution is 0.0942. The number of nitrogens with one attached hydrogen (secondary N) is 1. The highest BCUT2D eigenvalue weighted by Gasteiger charge is 2.36. The summed E-state index contributed by atoms with van der Waals surface area (Å²) < 4.78 is 6.06. The highest BCUT2D eigenvalue weighted by atomic mass is 79.9. The third kappa shape index (κ3) is 3.61. The first-order valence-electron chi connectivity index (χ1n) is 8.16. The Morgan fingerprint density at radius 3 is 2.58 bits per heavy atom. The summed E-state index contributed by atoms with van der Waals surface area (Å²) >= 11 is 3.35. The van der Waals surface area contributed by atoms with Crippen LogP contribution in [0.3, 0.4) is 0 Å². The Morgan fingerprint density at radius 2 is 1.96 bits per heavy atom. The summed E-state index contributed by atoms with van der Waals surface area (Å²) in [5.41, 5.74) is 1.86. The first-order valence-corrected chi connectivity index (χ1v) is 8.96. The maximum Gasteiger partial charge on any atom is 0.252 e. The molecule has 0 bridgehead atoms. The zero-order chi connectivity index (χ0) is 17.0. The van der Waals surface area contributed by atoms with E-state index in [-0.39, 0.29) is 11.3 Å². The topological polar surface area (TPSA) is 51.2 Å². The van der Waals surface area contributed by atoms with Crippen LogP contribution in [0.25, 0.3) is 0 Å². The van der Waals surface area contributed by atoms with E-state index < -0.39 is 0 Å². The lowest BCUT2D eigenvalue weighted by atomic mass is 9.78. The summed E-state index contributed by atoms with van der Waals surface area (Å²) in [6, 6.07) is 10.0. The molecule has 1 aromatic heterocycles. The van der Waals surface area contributed by atoms with Crippen molar-refractivity contribution >= 4 is 21.8 Å². The largest absolute Gasteiger partial charge is 0.497 e. The Balaban J connectivity index is 1.75. The molecular formula is C19H21BrN2O2. The van der Waals surface area contributed by atoms with Gasteiger partial charge in [-0.15, -0.1) is 0 Å². The summed E-state index contributed by atoms with van der Waals surface area (Å²) in [6.07, 6.45) is 7.84. The van der Waals surface area contributed by atoms with E-state index in [0.717, 1.165) is 23.1 Å². The third-order valence-electron chi connectivity index (χ3n) is 4.82. The molecule has 4 nitrogen and oxygen atoms in total. The number of pyridine rings is 1. The van der Waals surface area contributed by atoms with E-state index in [0.29, 0.717) is 12.1 Å². The minimum atomic E-state index is -0.0800. The average Bonchev–Trinajstić information content (AvgIpc) is 3.10. The number of amides is 1. The zero-order valence-electron chi connectivity index (χ0n) is 13.7. The second kappa shape index (κ2) is 7.34. The van der Waals surface area contributed by atoms with E-state index in [1.54, 1.807) is 25.6 Å². The molecule has 1 aliphatic carbocycles. The van der Waals surface area contributed by atoms with E-state index in [1.807, 2.05) is 12.1 Å². The molecule has 1 aromatic carbocycles. The van der Waals surface area contributed by atoms with Gasteiger partial charge in [-0.05, 0) is 52.5 Å². The Labute approximate surface area is 150 Å². The van der Waals surface area contributed by atoms with Gasteiger partial charge in [-0.25, -0.2) is 0 Å². The van der Waals surface area contributed by atoms with Crippen LogP contribution in [0.15, 0.2) is 47.2 Å². The molecule has 3 rings (SSSR count). The molecule has 1 amide bonds. The SMILES string of the molecule is COc1ccc(C2(CNC(=O)c3cncc(Br)c3)CCCC2)cc1. The van der Waals surface area contributed by atoms with Gasteiger partial charge in [-0.1, -0.05) is 25.0 Å². The number of carbonyl (C=O) groups excluding carboxylic acids is 1. The maximum atomic E-state index is 12.4. The normalized spacial score (nSPS) is 15.9. The van der Waals surface area contributed by atoms with Crippen molar-refractivity contribution in [3.8, 4) is 5.75 Å². The second-order valence-corrected chi connectivity index (χ2v) is 7.21. The number of hydrogen-bond donors (Lipinski definition) is 1. The molecule has 2 aromatic rings. The van der Waals surface area contributed by atoms with Crippen molar-refractivity contribution in [2.45, 2.75) is 31.1 Å². The molecule has 1 fully saturated rings. The smallest absolute Gasteiger partial charge is 0.252 e. The number of aromatic nitrogens is 1. The van der Waals surface area contributed by atoms with Gasteiger partial charge < -0.3 is 10.1 Å². The molecule has 0 aliphatic heterocycles. The van der Waals surface area contributed by atoms with Crippen LogP contribution in [-0.2, 0) is 5.41 Å². The summed E-state index contributed by atoms with van der Waals surface area (Å²) in [5, 5.41) is 3.11. The first-order chi connectivity index (χ1) is 11.6. The number of benzene rings is 1. The lowest BCUT2D eigenvalue weighted by Gasteiger charge is -2.30. The molecule has 1 saturated carbocycles. The van der Waals surface area contributed by atoms with Crippen LogP contribution in [0.1, 0.15) is 41.6 Å². The van der Waals surface area contributed by atoms with Crippen LogP contribution < -0.4 is 10.1 Å². The summed E-state index contributed by atoms with van der Waals surface area (Å²) in [6.45, 7) is 0.644. The number of carbonyl (C=O) groups is 1. The molecular weight excluding hydrogens is 368 g/mol. The zero-order valence-corrected chi connectivity index (χ0v) is 15.3.